The van der Waals surface area contributed by atoms with Crippen molar-refractivity contribution in [1.29, 1.82) is 0 Å². The van der Waals surface area contributed by atoms with Crippen molar-refractivity contribution >= 4 is 56.2 Å². The number of anilines is 1. The molecular formula is C45H56N6O10S. The van der Waals surface area contributed by atoms with Gasteiger partial charge in [-0.2, -0.15) is 0 Å². The first-order valence-corrected chi connectivity index (χ1v) is 22.9. The van der Waals surface area contributed by atoms with Crippen LogP contribution in [0.1, 0.15) is 89.4 Å². The number of methoxy groups -OCH3 is 1. The number of rotatable bonds is 11. The third-order valence-corrected chi connectivity index (χ3v) is 15.2. The van der Waals surface area contributed by atoms with Crippen molar-refractivity contribution in [3.8, 4) is 11.6 Å². The van der Waals surface area contributed by atoms with Crippen LogP contribution in [0.25, 0.3) is 10.8 Å². The Morgan fingerprint density at radius 2 is 1.81 bits per heavy atom. The maximum absolute atomic E-state index is 14.8. The zero-order chi connectivity index (χ0) is 44.6. The van der Waals surface area contributed by atoms with Crippen LogP contribution in [0.4, 0.5) is 10.5 Å². The van der Waals surface area contributed by atoms with E-state index in [-0.39, 0.29) is 37.1 Å². The van der Waals surface area contributed by atoms with Gasteiger partial charge in [0.2, 0.25) is 27.7 Å². The van der Waals surface area contributed by atoms with Crippen molar-refractivity contribution in [3.63, 3.8) is 0 Å². The number of sulfonamides is 1. The van der Waals surface area contributed by atoms with Gasteiger partial charge in [-0.25, -0.2) is 18.2 Å². The Labute approximate surface area is 361 Å². The third kappa shape index (κ3) is 8.81. The molecule has 7 rings (SSSR count). The monoisotopic (exact) mass is 872 g/mol. The largest absolute Gasteiger partial charge is 0.497 e. The van der Waals surface area contributed by atoms with E-state index in [1.54, 1.807) is 54.3 Å². The molecule has 5 amide bonds. The molecule has 1 saturated heterocycles. The summed E-state index contributed by atoms with van der Waals surface area (Å²) in [4.78, 5) is 77.0. The van der Waals surface area contributed by atoms with E-state index in [1.807, 2.05) is 39.0 Å². The number of nitrogens with zero attached hydrogens (tertiary/aromatic N) is 3. The van der Waals surface area contributed by atoms with Crippen molar-refractivity contribution < 1.29 is 47.0 Å². The summed E-state index contributed by atoms with van der Waals surface area (Å²) >= 11 is 0. The minimum atomic E-state index is -4.05. The summed E-state index contributed by atoms with van der Waals surface area (Å²) in [5.41, 5.74) is -0.594. The number of fused-ring (bicyclic) bond motifs is 3. The summed E-state index contributed by atoms with van der Waals surface area (Å²) in [5.74, 6) is -2.52. The van der Waals surface area contributed by atoms with E-state index in [1.165, 1.54) is 18.2 Å². The van der Waals surface area contributed by atoms with Crippen molar-refractivity contribution in [3.05, 3.63) is 72.4 Å². The maximum Gasteiger partial charge on any atom is 0.405 e. The molecule has 0 bridgehead atoms. The van der Waals surface area contributed by atoms with Gasteiger partial charge in [0.25, 0.3) is 11.8 Å². The lowest BCUT2D eigenvalue weighted by Gasteiger charge is -2.33. The third-order valence-electron chi connectivity index (χ3n) is 13.1. The molecule has 16 nitrogen and oxygen atoms in total. The molecule has 0 spiro atoms. The number of pyridine rings is 1. The molecule has 7 atom stereocenters. The van der Waals surface area contributed by atoms with Crippen LogP contribution in [-0.2, 0) is 24.4 Å². The van der Waals surface area contributed by atoms with Crippen molar-refractivity contribution in [2.45, 2.75) is 108 Å². The van der Waals surface area contributed by atoms with Crippen LogP contribution in [-0.4, -0.2) is 102 Å². The molecule has 4 N–H and O–H groups in total. The van der Waals surface area contributed by atoms with Crippen LogP contribution in [0, 0.1) is 17.8 Å². The van der Waals surface area contributed by atoms with Gasteiger partial charge < -0.3 is 35.0 Å². The topological polar surface area (TPSA) is 214 Å². The lowest BCUT2D eigenvalue weighted by Crippen LogP contribution is -2.59. The fourth-order valence-corrected chi connectivity index (χ4v) is 10.2. The van der Waals surface area contributed by atoms with Gasteiger partial charge in [0, 0.05) is 35.2 Å². The Hall–Kier alpha value is -5.71. The number of carboxylic acid groups (broad SMARTS) is 1. The van der Waals surface area contributed by atoms with Crippen molar-refractivity contribution in [2.75, 3.05) is 25.1 Å². The van der Waals surface area contributed by atoms with Crippen molar-refractivity contribution in [1.82, 2.24) is 25.2 Å². The molecular weight excluding hydrogens is 817 g/mol. The Bertz CT molecular complexity index is 2370. The molecule has 3 fully saturated rings. The molecule has 3 heterocycles. The van der Waals surface area contributed by atoms with E-state index in [0.717, 1.165) is 6.42 Å². The van der Waals surface area contributed by atoms with E-state index >= 15 is 0 Å². The summed E-state index contributed by atoms with van der Waals surface area (Å²) in [5, 5.41) is 16.4. The normalized spacial score (nSPS) is 27.6. The number of hydrogen-bond donors (Lipinski definition) is 4. The van der Waals surface area contributed by atoms with Crippen LogP contribution in [0.3, 0.4) is 0 Å². The number of carbonyl (C=O) groups is 5. The average Bonchev–Trinajstić information content (AvgIpc) is 4.14. The molecule has 332 valence electrons. The molecule has 0 radical (unpaired) electrons. The minimum absolute atomic E-state index is 0.0617. The summed E-state index contributed by atoms with van der Waals surface area (Å²) < 4.78 is 39.8. The van der Waals surface area contributed by atoms with Gasteiger partial charge in [-0.05, 0) is 94.5 Å². The smallest absolute Gasteiger partial charge is 0.405 e. The standard InChI is InChI=1S/C45H56N6O10S/c1-6-28-21-27(3)13-11-12-16-30-24-45(30,42(55)49-62(58,59)44(4)19-20-44)48-38(52)35-23-32(26-51(35)41(54)37(28)47-43(56)57)61-39-33-18-17-31(60-5)22-34(33)36(25-46-39)50(7-2)40(53)29-14-9-8-10-15-29/h8-10,12,14-18,22,25,27-28,30,32,35,37,47H,6-7,11,13,19-21,23-24,26H2,1-5H3,(H,48,52)(H,49,55)(H,56,57)/b16-12-/t27-,28-,30-,32-,35+,37+,45-/m1/s1. The fraction of sp³-hybridized carbons (Fsp3) is 0.511. The van der Waals surface area contributed by atoms with Gasteiger partial charge >= 0.3 is 6.09 Å². The lowest BCUT2D eigenvalue weighted by atomic mass is 9.85. The van der Waals surface area contributed by atoms with E-state index in [0.29, 0.717) is 66.4 Å². The van der Waals surface area contributed by atoms with Crippen LogP contribution < -0.4 is 29.7 Å². The fourth-order valence-electron chi connectivity index (χ4n) is 8.88. The van der Waals surface area contributed by atoms with Gasteiger partial charge in [0.05, 0.1) is 30.3 Å². The predicted molar refractivity (Wildman–Crippen MR) is 231 cm³/mol. The molecule has 2 aromatic carbocycles. The van der Waals surface area contributed by atoms with Gasteiger partial charge in [-0.1, -0.05) is 50.6 Å². The Balaban J connectivity index is 1.25. The Morgan fingerprint density at radius 1 is 1.06 bits per heavy atom. The lowest BCUT2D eigenvalue weighted by molar-refractivity contribution is -0.142. The van der Waals surface area contributed by atoms with Crippen LogP contribution in [0.5, 0.6) is 11.6 Å². The molecule has 2 aliphatic carbocycles. The number of amides is 5. The average molecular weight is 873 g/mol. The molecule has 62 heavy (non-hydrogen) atoms. The van der Waals surface area contributed by atoms with E-state index < -0.39 is 74.1 Å². The minimum Gasteiger partial charge on any atom is -0.497 e. The number of nitrogens with one attached hydrogen (secondary N) is 3. The summed E-state index contributed by atoms with van der Waals surface area (Å²) in [6, 6.07) is 11.7. The maximum atomic E-state index is 14.8. The van der Waals surface area contributed by atoms with Gasteiger partial charge in [-0.15, -0.1) is 0 Å². The van der Waals surface area contributed by atoms with Gasteiger partial charge in [0.15, 0.2) is 0 Å². The highest BCUT2D eigenvalue weighted by Gasteiger charge is 2.63. The number of carbonyl (C=O) groups excluding carboxylic acids is 4. The predicted octanol–water partition coefficient (Wildman–Crippen LogP) is 5.17. The van der Waals surface area contributed by atoms with Gasteiger partial charge in [0.1, 0.15) is 29.5 Å². The Kier molecular flexibility index (Phi) is 12.6. The molecule has 3 aromatic rings. The number of ether oxygens (including phenoxy) is 2. The first kappa shape index (κ1) is 44.3. The molecule has 0 unspecified atom stereocenters. The summed E-state index contributed by atoms with van der Waals surface area (Å²) in [6.45, 7) is 7.55. The molecule has 17 heteroatoms. The van der Waals surface area contributed by atoms with Crippen LogP contribution in [0.2, 0.25) is 0 Å². The number of allylic oxidation sites excluding steroid dienone is 1. The summed E-state index contributed by atoms with van der Waals surface area (Å²) in [7, 11) is -2.51. The van der Waals surface area contributed by atoms with E-state index in [4.69, 9.17) is 9.47 Å². The number of benzene rings is 2. The highest BCUT2D eigenvalue weighted by Crippen LogP contribution is 2.48. The summed E-state index contributed by atoms with van der Waals surface area (Å²) in [6.07, 6.45) is 6.34. The van der Waals surface area contributed by atoms with E-state index in [2.05, 4.69) is 20.3 Å². The van der Waals surface area contributed by atoms with Crippen LogP contribution >= 0.6 is 0 Å². The number of aromatic nitrogens is 1. The first-order chi connectivity index (χ1) is 29.5. The second-order valence-electron chi connectivity index (χ2n) is 17.4. The quantitative estimate of drug-likeness (QED) is 0.185. The number of hydrogen-bond acceptors (Lipinski definition) is 10. The van der Waals surface area contributed by atoms with Gasteiger partial charge in [-0.3, -0.25) is 23.9 Å². The van der Waals surface area contributed by atoms with Crippen molar-refractivity contribution in [2.24, 2.45) is 17.8 Å². The van der Waals surface area contributed by atoms with Crippen LogP contribution in [0.15, 0.2) is 66.9 Å². The molecule has 4 aliphatic rings. The zero-order valence-electron chi connectivity index (χ0n) is 35.8. The second kappa shape index (κ2) is 17.6. The molecule has 2 aliphatic heterocycles. The second-order valence-corrected chi connectivity index (χ2v) is 19.6. The molecule has 2 saturated carbocycles. The SMILES string of the molecule is CC[C@@H]1C[C@H](C)CC/C=C\[C@@H]2C[C@@]2(C(=O)NS(=O)(=O)C2(C)CC2)NC(=O)[C@@H]2C[C@@H](Oc3ncc(N(CC)C(=O)c4ccccc4)c4cc(OC)ccc34)CN2C(=O)[C@H]1NC(=O)O. The highest BCUT2D eigenvalue weighted by molar-refractivity contribution is 7.91. The Morgan fingerprint density at radius 3 is 2.47 bits per heavy atom. The highest BCUT2D eigenvalue weighted by atomic mass is 32.2. The molecule has 1 aromatic heterocycles. The zero-order valence-corrected chi connectivity index (χ0v) is 36.6. The van der Waals surface area contributed by atoms with E-state index in [9.17, 15) is 37.5 Å². The first-order valence-electron chi connectivity index (χ1n) is 21.4.